The van der Waals surface area contributed by atoms with Crippen molar-refractivity contribution in [1.82, 2.24) is 25.2 Å². The number of benzene rings is 2. The Balaban J connectivity index is 1.10. The van der Waals surface area contributed by atoms with Crippen LogP contribution in [0.2, 0.25) is 0 Å². The molecule has 0 radical (unpaired) electrons. The van der Waals surface area contributed by atoms with Crippen LogP contribution in [-0.4, -0.2) is 51.9 Å². The average molecular weight is 600 g/mol. The normalized spacial score (nSPS) is 13.3. The average Bonchev–Trinajstić information content (AvgIpc) is 3.73. The maximum absolute atomic E-state index is 13.5. The molecule has 3 N–H and O–H groups in total. The molecule has 0 aliphatic carbocycles. The molecular weight excluding hydrogens is 568 g/mol. The second-order valence-electron chi connectivity index (χ2n) is 10.4. The Bertz CT molecular complexity index is 1740. The first-order valence-electron chi connectivity index (χ1n) is 14.2. The number of likely N-dealkylation sites (tertiary alicyclic amines) is 1. The van der Waals surface area contributed by atoms with E-state index < -0.39 is 11.6 Å². The second kappa shape index (κ2) is 13.2. The van der Waals surface area contributed by atoms with E-state index in [0.717, 1.165) is 57.3 Å². The van der Waals surface area contributed by atoms with E-state index in [0.29, 0.717) is 23.5 Å². The highest BCUT2D eigenvalue weighted by molar-refractivity contribution is 7.15. The van der Waals surface area contributed by atoms with E-state index in [1.807, 2.05) is 6.07 Å². The summed E-state index contributed by atoms with van der Waals surface area (Å²) in [5.41, 5.74) is 2.80. The van der Waals surface area contributed by atoms with Crippen molar-refractivity contribution in [2.75, 3.05) is 36.8 Å². The van der Waals surface area contributed by atoms with E-state index >= 15 is 0 Å². The minimum atomic E-state index is -0.951. The quantitative estimate of drug-likeness (QED) is 0.169. The minimum Gasteiger partial charge on any atom is -0.368 e. The fraction of sp³-hybridized carbons (Fsp3) is 0.250. The van der Waals surface area contributed by atoms with Crippen molar-refractivity contribution in [3.05, 3.63) is 101 Å². The van der Waals surface area contributed by atoms with E-state index in [1.54, 1.807) is 36.0 Å². The SMILES string of the molecule is O=C(NCc1ccc(F)c(F)c1)c1cccnc1NCc1ccc(-c2ccc3ncnc(NCCN4CCCC4)c3c2)s1. The molecule has 1 fully saturated rings. The summed E-state index contributed by atoms with van der Waals surface area (Å²) in [6, 6.07) is 17.3. The highest BCUT2D eigenvalue weighted by Crippen LogP contribution is 2.32. The number of hydrogen-bond donors (Lipinski definition) is 3. The Kier molecular flexibility index (Phi) is 8.80. The van der Waals surface area contributed by atoms with Gasteiger partial charge in [0.25, 0.3) is 5.91 Å². The highest BCUT2D eigenvalue weighted by Gasteiger charge is 2.15. The topological polar surface area (TPSA) is 95.1 Å². The number of aromatic nitrogens is 3. The number of hydrogen-bond acceptors (Lipinski definition) is 8. The van der Waals surface area contributed by atoms with E-state index in [4.69, 9.17) is 0 Å². The maximum atomic E-state index is 13.5. The fourth-order valence-corrected chi connectivity index (χ4v) is 6.09. The zero-order valence-electron chi connectivity index (χ0n) is 23.4. The molecule has 0 unspecified atom stereocenters. The molecule has 3 aromatic heterocycles. The number of nitrogens with one attached hydrogen (secondary N) is 3. The van der Waals surface area contributed by atoms with Gasteiger partial charge in [-0.25, -0.2) is 23.7 Å². The van der Waals surface area contributed by atoms with Crippen molar-refractivity contribution < 1.29 is 13.6 Å². The van der Waals surface area contributed by atoms with Crippen LogP contribution in [0.3, 0.4) is 0 Å². The first-order chi connectivity index (χ1) is 21.0. The van der Waals surface area contributed by atoms with E-state index in [9.17, 15) is 13.6 Å². The lowest BCUT2D eigenvalue weighted by atomic mass is 10.1. The Morgan fingerprint density at radius 1 is 0.884 bits per heavy atom. The monoisotopic (exact) mass is 599 g/mol. The molecule has 2 aromatic carbocycles. The third-order valence-corrected chi connectivity index (χ3v) is 8.55. The van der Waals surface area contributed by atoms with Crippen LogP contribution in [0.4, 0.5) is 20.4 Å². The van der Waals surface area contributed by atoms with Gasteiger partial charge in [-0.15, -0.1) is 11.3 Å². The van der Waals surface area contributed by atoms with Crippen molar-refractivity contribution in [3.8, 4) is 10.4 Å². The summed E-state index contributed by atoms with van der Waals surface area (Å²) >= 11 is 1.65. The van der Waals surface area contributed by atoms with Crippen LogP contribution >= 0.6 is 11.3 Å². The van der Waals surface area contributed by atoms with Crippen LogP contribution in [0, 0.1) is 11.6 Å². The van der Waals surface area contributed by atoms with Crippen molar-refractivity contribution in [2.24, 2.45) is 0 Å². The van der Waals surface area contributed by atoms with Gasteiger partial charge in [0.1, 0.15) is 18.0 Å². The molecule has 0 spiro atoms. The number of rotatable bonds is 11. The van der Waals surface area contributed by atoms with Gasteiger partial charge in [0.2, 0.25) is 0 Å². The molecule has 5 aromatic rings. The number of anilines is 2. The van der Waals surface area contributed by atoms with Crippen LogP contribution in [-0.2, 0) is 13.1 Å². The summed E-state index contributed by atoms with van der Waals surface area (Å²) in [4.78, 5) is 30.9. The highest BCUT2D eigenvalue weighted by atomic mass is 32.1. The van der Waals surface area contributed by atoms with Crippen molar-refractivity contribution in [2.45, 2.75) is 25.9 Å². The number of pyridine rings is 1. The van der Waals surface area contributed by atoms with Crippen molar-refractivity contribution in [3.63, 3.8) is 0 Å². The third kappa shape index (κ3) is 6.95. The zero-order chi connectivity index (χ0) is 29.6. The molecule has 220 valence electrons. The Hall–Kier alpha value is -4.48. The molecule has 11 heteroatoms. The summed E-state index contributed by atoms with van der Waals surface area (Å²) in [6.45, 7) is 4.71. The van der Waals surface area contributed by atoms with Crippen LogP contribution in [0.5, 0.6) is 0 Å². The maximum Gasteiger partial charge on any atom is 0.255 e. The summed E-state index contributed by atoms with van der Waals surface area (Å²) < 4.78 is 26.7. The molecule has 0 saturated carbocycles. The first-order valence-corrected chi connectivity index (χ1v) is 15.1. The Morgan fingerprint density at radius 3 is 2.63 bits per heavy atom. The zero-order valence-corrected chi connectivity index (χ0v) is 24.3. The number of halogens is 2. The van der Waals surface area contributed by atoms with E-state index in [2.05, 4.69) is 60.1 Å². The predicted octanol–water partition coefficient (Wildman–Crippen LogP) is 6.08. The summed E-state index contributed by atoms with van der Waals surface area (Å²) in [7, 11) is 0. The lowest BCUT2D eigenvalue weighted by Crippen LogP contribution is -2.26. The van der Waals surface area contributed by atoms with Gasteiger partial charge in [0.15, 0.2) is 11.6 Å². The van der Waals surface area contributed by atoms with Gasteiger partial charge in [0.05, 0.1) is 17.6 Å². The molecule has 1 aliphatic heterocycles. The molecule has 43 heavy (non-hydrogen) atoms. The van der Waals surface area contributed by atoms with Gasteiger partial charge in [0, 0.05) is 41.0 Å². The van der Waals surface area contributed by atoms with Gasteiger partial charge >= 0.3 is 0 Å². The van der Waals surface area contributed by atoms with E-state index in [-0.39, 0.29) is 12.5 Å². The molecule has 0 atom stereocenters. The fourth-order valence-electron chi connectivity index (χ4n) is 5.14. The molecule has 0 bridgehead atoms. The number of carbonyl (C=O) groups excluding carboxylic acids is 1. The molecule has 8 nitrogen and oxygen atoms in total. The lowest BCUT2D eigenvalue weighted by Gasteiger charge is -2.15. The van der Waals surface area contributed by atoms with Gasteiger partial charge in [-0.3, -0.25) is 4.79 Å². The van der Waals surface area contributed by atoms with Crippen LogP contribution in [0.15, 0.2) is 73.2 Å². The van der Waals surface area contributed by atoms with Gasteiger partial charge in [-0.1, -0.05) is 12.1 Å². The Labute approximate surface area is 252 Å². The third-order valence-electron chi connectivity index (χ3n) is 7.42. The number of carbonyl (C=O) groups is 1. The summed E-state index contributed by atoms with van der Waals surface area (Å²) in [6.07, 6.45) is 5.77. The summed E-state index contributed by atoms with van der Waals surface area (Å²) in [5, 5.41) is 10.5. The largest absolute Gasteiger partial charge is 0.368 e. The van der Waals surface area contributed by atoms with Gasteiger partial charge in [-0.05, 0) is 85.6 Å². The smallest absolute Gasteiger partial charge is 0.255 e. The predicted molar refractivity (Wildman–Crippen MR) is 166 cm³/mol. The van der Waals surface area contributed by atoms with E-state index in [1.165, 1.54) is 32.0 Å². The number of amides is 1. The summed E-state index contributed by atoms with van der Waals surface area (Å²) in [5.74, 6) is -0.962. The molecule has 4 heterocycles. The first kappa shape index (κ1) is 28.6. The van der Waals surface area contributed by atoms with Crippen molar-refractivity contribution >= 4 is 39.8 Å². The van der Waals surface area contributed by atoms with Crippen LogP contribution in [0.1, 0.15) is 33.6 Å². The molecule has 6 rings (SSSR count). The van der Waals surface area contributed by atoms with Gasteiger partial charge in [-0.2, -0.15) is 0 Å². The van der Waals surface area contributed by atoms with Crippen molar-refractivity contribution in [1.29, 1.82) is 0 Å². The molecule has 1 saturated heterocycles. The minimum absolute atomic E-state index is 0.0606. The molecule has 1 amide bonds. The second-order valence-corrected chi connectivity index (χ2v) is 11.5. The molecular formula is C32H31F2N7OS. The standard InChI is InChI=1S/C32H31F2N7OS/c33-26-8-5-21(16-27(26)34)18-38-32(42)24-4-3-11-35-30(24)37-19-23-7-10-29(43-23)22-6-9-28-25(17-22)31(40-20-39-28)36-12-15-41-13-1-2-14-41/h3-11,16-17,20H,1-2,12-15,18-19H2,(H,35,37)(H,38,42)(H,36,39,40). The Morgan fingerprint density at radius 2 is 1.77 bits per heavy atom. The number of fused-ring (bicyclic) bond motifs is 1. The number of thiophene rings is 1. The van der Waals surface area contributed by atoms with Crippen LogP contribution < -0.4 is 16.0 Å². The van der Waals surface area contributed by atoms with Crippen LogP contribution in [0.25, 0.3) is 21.3 Å². The van der Waals surface area contributed by atoms with Gasteiger partial charge < -0.3 is 20.9 Å². The molecule has 1 aliphatic rings. The number of nitrogens with zero attached hydrogens (tertiary/aromatic N) is 4. The lowest BCUT2D eigenvalue weighted by molar-refractivity contribution is 0.0951.